The Kier molecular flexibility index (Phi) is 11.0. The molecular formula is C27H31N3O7. The highest BCUT2D eigenvalue weighted by molar-refractivity contribution is 5.98. The van der Waals surface area contributed by atoms with Gasteiger partial charge in [-0.3, -0.25) is 15.0 Å². The quantitative estimate of drug-likeness (QED) is 0.130. The third-order valence-corrected chi connectivity index (χ3v) is 5.14. The van der Waals surface area contributed by atoms with Crippen molar-refractivity contribution in [3.8, 4) is 5.75 Å². The summed E-state index contributed by atoms with van der Waals surface area (Å²) in [5.74, 6) is -1.98. The molecule has 2 rings (SSSR count). The number of ether oxygens (including phenoxy) is 3. The van der Waals surface area contributed by atoms with E-state index in [9.17, 15) is 19.2 Å². The van der Waals surface area contributed by atoms with Gasteiger partial charge in [-0.1, -0.05) is 12.1 Å². The van der Waals surface area contributed by atoms with Crippen molar-refractivity contribution in [2.24, 2.45) is 5.73 Å². The Morgan fingerprint density at radius 1 is 0.919 bits per heavy atom. The van der Waals surface area contributed by atoms with Gasteiger partial charge in [-0.25, -0.2) is 9.59 Å². The molecule has 1 atom stereocenters. The molecule has 0 bridgehead atoms. The van der Waals surface area contributed by atoms with Crippen LogP contribution in [0.2, 0.25) is 0 Å². The van der Waals surface area contributed by atoms with Crippen molar-refractivity contribution in [2.75, 3.05) is 13.2 Å². The third-order valence-electron chi connectivity index (χ3n) is 5.14. The molecule has 10 nitrogen and oxygen atoms in total. The molecule has 37 heavy (non-hydrogen) atoms. The summed E-state index contributed by atoms with van der Waals surface area (Å²) in [7, 11) is 0. The van der Waals surface area contributed by atoms with E-state index in [1.807, 2.05) is 0 Å². The number of carbonyl (C=O) groups is 4. The predicted molar refractivity (Wildman–Crippen MR) is 137 cm³/mol. The maximum atomic E-state index is 12.7. The van der Waals surface area contributed by atoms with Crippen molar-refractivity contribution in [1.29, 1.82) is 5.41 Å². The molecule has 196 valence electrons. The van der Waals surface area contributed by atoms with Crippen molar-refractivity contribution in [3.63, 3.8) is 0 Å². The normalized spacial score (nSPS) is 11.7. The molecular weight excluding hydrogens is 478 g/mol. The number of hydrogen-bond donors (Lipinski definition) is 3. The fourth-order valence-corrected chi connectivity index (χ4v) is 3.22. The van der Waals surface area contributed by atoms with Crippen LogP contribution in [-0.2, 0) is 23.9 Å². The number of allylic oxidation sites excluding steroid dienone is 1. The molecule has 0 aromatic heterocycles. The Labute approximate surface area is 215 Å². The summed E-state index contributed by atoms with van der Waals surface area (Å²) in [5.41, 5.74) is 7.51. The second-order valence-electron chi connectivity index (χ2n) is 7.89. The van der Waals surface area contributed by atoms with E-state index in [4.69, 9.17) is 25.4 Å². The van der Waals surface area contributed by atoms with E-state index in [1.165, 1.54) is 6.08 Å². The Morgan fingerprint density at radius 2 is 1.49 bits per heavy atom. The van der Waals surface area contributed by atoms with E-state index in [1.54, 1.807) is 69.3 Å². The maximum absolute atomic E-state index is 12.7. The summed E-state index contributed by atoms with van der Waals surface area (Å²) in [4.78, 5) is 48.9. The molecule has 0 aliphatic carbocycles. The summed E-state index contributed by atoms with van der Waals surface area (Å²) < 4.78 is 15.2. The van der Waals surface area contributed by atoms with Crippen LogP contribution in [0.3, 0.4) is 0 Å². The van der Waals surface area contributed by atoms with E-state index in [0.29, 0.717) is 22.4 Å². The second-order valence-corrected chi connectivity index (χ2v) is 7.89. The zero-order valence-electron chi connectivity index (χ0n) is 21.0. The number of nitrogen functional groups attached to an aromatic ring is 1. The van der Waals surface area contributed by atoms with Gasteiger partial charge in [-0.2, -0.15) is 0 Å². The summed E-state index contributed by atoms with van der Waals surface area (Å²) in [6, 6.07) is 11.7. The lowest BCUT2D eigenvalue weighted by molar-refractivity contribution is -0.147. The first-order valence-corrected chi connectivity index (χ1v) is 11.7. The summed E-state index contributed by atoms with van der Waals surface area (Å²) >= 11 is 0. The average Bonchev–Trinajstić information content (AvgIpc) is 2.87. The zero-order chi connectivity index (χ0) is 27.4. The second kappa shape index (κ2) is 14.2. The molecule has 4 N–H and O–H groups in total. The van der Waals surface area contributed by atoms with E-state index < -0.39 is 29.9 Å². The van der Waals surface area contributed by atoms with Crippen molar-refractivity contribution < 1.29 is 33.4 Å². The Balaban J connectivity index is 2.03. The molecule has 0 unspecified atom stereocenters. The van der Waals surface area contributed by atoms with Crippen molar-refractivity contribution in [3.05, 3.63) is 71.3 Å². The monoisotopic (exact) mass is 509 g/mol. The molecule has 2 aromatic carbocycles. The number of nitrogens with one attached hydrogen (secondary N) is 2. The minimum Gasteiger partial charge on any atom is -0.466 e. The number of rotatable bonds is 12. The fourth-order valence-electron chi connectivity index (χ4n) is 3.22. The van der Waals surface area contributed by atoms with E-state index >= 15 is 0 Å². The molecule has 0 aliphatic rings. The van der Waals surface area contributed by atoms with Crippen LogP contribution in [0.5, 0.6) is 5.75 Å². The Hall–Kier alpha value is -4.47. The molecule has 0 spiro atoms. The molecule has 0 aliphatic heterocycles. The van der Waals surface area contributed by atoms with Crippen LogP contribution in [0.25, 0.3) is 5.57 Å². The van der Waals surface area contributed by atoms with Gasteiger partial charge in [-0.05, 0) is 74.7 Å². The van der Waals surface area contributed by atoms with Crippen molar-refractivity contribution in [1.82, 2.24) is 5.32 Å². The molecule has 0 heterocycles. The van der Waals surface area contributed by atoms with Crippen LogP contribution in [-0.4, -0.2) is 48.9 Å². The number of esters is 3. The van der Waals surface area contributed by atoms with Gasteiger partial charge in [0.25, 0.3) is 5.91 Å². The molecule has 2 aromatic rings. The maximum Gasteiger partial charge on any atom is 0.336 e. The third kappa shape index (κ3) is 9.25. The zero-order valence-corrected chi connectivity index (χ0v) is 21.0. The smallest absolute Gasteiger partial charge is 0.336 e. The largest absolute Gasteiger partial charge is 0.466 e. The molecule has 0 radical (unpaired) electrons. The van der Waals surface area contributed by atoms with Crippen LogP contribution in [0.4, 0.5) is 0 Å². The summed E-state index contributed by atoms with van der Waals surface area (Å²) in [6.07, 6.45) is 1.32. The van der Waals surface area contributed by atoms with Crippen molar-refractivity contribution >= 4 is 35.2 Å². The average molecular weight is 510 g/mol. The number of benzene rings is 2. The van der Waals surface area contributed by atoms with Gasteiger partial charge in [-0.15, -0.1) is 0 Å². The number of hydrogen-bond acceptors (Lipinski definition) is 8. The minimum atomic E-state index is -1.00. The fraction of sp³-hybridized carbons (Fsp3) is 0.296. The van der Waals surface area contributed by atoms with Gasteiger partial charge in [0.2, 0.25) is 0 Å². The highest BCUT2D eigenvalue weighted by Crippen LogP contribution is 2.17. The van der Waals surface area contributed by atoms with Gasteiger partial charge >= 0.3 is 17.9 Å². The topological polar surface area (TPSA) is 158 Å². The number of nitrogens with two attached hydrogens (primary N) is 1. The van der Waals surface area contributed by atoms with Gasteiger partial charge in [0.05, 0.1) is 13.2 Å². The lowest BCUT2D eigenvalue weighted by Gasteiger charge is -2.17. The van der Waals surface area contributed by atoms with Crippen LogP contribution in [0.1, 0.15) is 55.1 Å². The minimum absolute atomic E-state index is 0.0441. The predicted octanol–water partition coefficient (Wildman–Crippen LogP) is 2.98. The standard InChI is InChI=1S/C27H31N3O7/c1-4-35-23(31)15-14-22(27(34)36-5-2)30-26(33)20-8-6-18(7-9-20)17(3)16-24(32)37-21-12-10-19(11-13-21)25(28)29/h6-13,16,22H,4-5,14-15H2,1-3H3,(H3,28,29)(H,30,33)/b17-16+/t22-/m0/s1. The molecule has 1 amide bonds. The Morgan fingerprint density at radius 3 is 2.05 bits per heavy atom. The summed E-state index contributed by atoms with van der Waals surface area (Å²) in [5, 5.41) is 10.00. The molecule has 10 heteroatoms. The van der Waals surface area contributed by atoms with Gasteiger partial charge in [0.1, 0.15) is 17.6 Å². The van der Waals surface area contributed by atoms with Crippen LogP contribution < -0.4 is 15.8 Å². The molecule has 0 saturated carbocycles. The Bertz CT molecular complexity index is 1160. The highest BCUT2D eigenvalue weighted by atomic mass is 16.5. The lowest BCUT2D eigenvalue weighted by atomic mass is 10.0. The summed E-state index contributed by atoms with van der Waals surface area (Å²) in [6.45, 7) is 5.41. The lowest BCUT2D eigenvalue weighted by Crippen LogP contribution is -2.42. The SMILES string of the molecule is CCOC(=O)CC[C@H](NC(=O)c1ccc(/C(C)=C/C(=O)Oc2ccc(C(=N)N)cc2)cc1)C(=O)OCC. The van der Waals surface area contributed by atoms with Crippen LogP contribution in [0.15, 0.2) is 54.6 Å². The first kappa shape index (κ1) is 28.8. The first-order chi connectivity index (χ1) is 17.6. The molecule has 0 saturated heterocycles. The highest BCUT2D eigenvalue weighted by Gasteiger charge is 2.24. The number of amides is 1. The van der Waals surface area contributed by atoms with Crippen molar-refractivity contribution in [2.45, 2.75) is 39.7 Å². The van der Waals surface area contributed by atoms with Gasteiger partial charge in [0, 0.05) is 23.6 Å². The number of carbonyl (C=O) groups excluding carboxylic acids is 4. The first-order valence-electron chi connectivity index (χ1n) is 11.7. The molecule has 0 fully saturated rings. The van der Waals surface area contributed by atoms with Gasteiger partial charge in [0.15, 0.2) is 0 Å². The van der Waals surface area contributed by atoms with E-state index in [2.05, 4.69) is 5.32 Å². The van der Waals surface area contributed by atoms with Crippen LogP contribution >= 0.6 is 0 Å². The van der Waals surface area contributed by atoms with Crippen LogP contribution in [0, 0.1) is 5.41 Å². The number of amidine groups is 1. The van der Waals surface area contributed by atoms with E-state index in [-0.39, 0.29) is 37.5 Å². The van der Waals surface area contributed by atoms with E-state index in [0.717, 1.165) is 0 Å². The van der Waals surface area contributed by atoms with Gasteiger partial charge < -0.3 is 25.3 Å².